The summed E-state index contributed by atoms with van der Waals surface area (Å²) in [5.74, 6) is 0. The fraction of sp³-hybridized carbons (Fsp3) is 0.562. The molecule has 0 spiro atoms. The Hall–Kier alpha value is -0.890. The first-order valence-corrected chi connectivity index (χ1v) is 10.9. The van der Waals surface area contributed by atoms with Crippen LogP contribution in [0.2, 0.25) is 5.02 Å². The van der Waals surface area contributed by atoms with Gasteiger partial charge in [-0.15, -0.1) is 0 Å². The van der Waals surface area contributed by atoms with Crippen molar-refractivity contribution < 1.29 is 8.42 Å². The number of rotatable bonds is 4. The van der Waals surface area contributed by atoms with Crippen LogP contribution in [0, 0.1) is 0 Å². The Morgan fingerprint density at radius 1 is 1.33 bits per heavy atom. The SMILES string of the molecule is CN(C1CCCN(c2nc3ccc(Cl)cc3s2)C1)S(=O)(=O)C1CC1. The predicted molar refractivity (Wildman–Crippen MR) is 99.6 cm³/mol. The minimum atomic E-state index is -3.13. The molecule has 130 valence electrons. The molecule has 0 radical (unpaired) electrons. The van der Waals surface area contributed by atoms with Crippen LogP contribution in [0.25, 0.3) is 10.2 Å². The van der Waals surface area contributed by atoms with E-state index in [1.165, 1.54) is 0 Å². The zero-order chi connectivity index (χ0) is 16.9. The lowest BCUT2D eigenvalue weighted by molar-refractivity contribution is 0.320. The van der Waals surface area contributed by atoms with E-state index in [4.69, 9.17) is 16.6 Å². The monoisotopic (exact) mass is 385 g/mol. The third-order valence-electron chi connectivity index (χ3n) is 4.87. The molecule has 2 aliphatic rings. The molecule has 0 amide bonds. The van der Waals surface area contributed by atoms with Crippen LogP contribution < -0.4 is 4.90 Å². The van der Waals surface area contributed by atoms with E-state index in [-0.39, 0.29) is 11.3 Å². The molecule has 1 aliphatic heterocycles. The summed E-state index contributed by atoms with van der Waals surface area (Å²) in [6.45, 7) is 1.62. The zero-order valence-corrected chi connectivity index (χ0v) is 15.9. The Balaban J connectivity index is 1.55. The van der Waals surface area contributed by atoms with Gasteiger partial charge in [0, 0.05) is 31.2 Å². The third kappa shape index (κ3) is 3.03. The lowest BCUT2D eigenvalue weighted by Crippen LogP contribution is -2.49. The first-order chi connectivity index (χ1) is 11.4. The van der Waals surface area contributed by atoms with Gasteiger partial charge in [-0.3, -0.25) is 0 Å². The van der Waals surface area contributed by atoms with Gasteiger partial charge in [0.25, 0.3) is 0 Å². The summed E-state index contributed by atoms with van der Waals surface area (Å²) in [4.78, 5) is 6.91. The molecule has 24 heavy (non-hydrogen) atoms. The van der Waals surface area contributed by atoms with Crippen LogP contribution in [0.15, 0.2) is 18.2 Å². The number of hydrogen-bond donors (Lipinski definition) is 0. The van der Waals surface area contributed by atoms with E-state index < -0.39 is 10.0 Å². The maximum Gasteiger partial charge on any atom is 0.217 e. The average Bonchev–Trinajstić information content (AvgIpc) is 3.35. The number of sulfonamides is 1. The van der Waals surface area contributed by atoms with E-state index in [0.717, 1.165) is 47.6 Å². The van der Waals surface area contributed by atoms with Crippen molar-refractivity contribution in [2.24, 2.45) is 0 Å². The first kappa shape index (κ1) is 16.6. The highest BCUT2D eigenvalue weighted by molar-refractivity contribution is 7.90. The normalized spacial score (nSPS) is 22.5. The van der Waals surface area contributed by atoms with Crippen molar-refractivity contribution in [1.29, 1.82) is 0 Å². The molecule has 1 saturated heterocycles. The molecule has 8 heteroatoms. The Labute approximate surface area is 151 Å². The van der Waals surface area contributed by atoms with Crippen LogP contribution in [0.1, 0.15) is 25.7 Å². The molecule has 1 aromatic carbocycles. The van der Waals surface area contributed by atoms with Gasteiger partial charge in [-0.1, -0.05) is 22.9 Å². The Kier molecular flexibility index (Phi) is 4.23. The van der Waals surface area contributed by atoms with E-state index in [0.29, 0.717) is 11.6 Å². The van der Waals surface area contributed by atoms with E-state index in [2.05, 4.69) is 4.90 Å². The number of benzene rings is 1. The summed E-state index contributed by atoms with van der Waals surface area (Å²) in [6, 6.07) is 5.74. The minimum absolute atomic E-state index is 0.0277. The van der Waals surface area contributed by atoms with Gasteiger partial charge in [-0.05, 0) is 43.9 Å². The number of aromatic nitrogens is 1. The number of anilines is 1. The summed E-state index contributed by atoms with van der Waals surface area (Å²) in [7, 11) is -1.39. The zero-order valence-electron chi connectivity index (χ0n) is 13.5. The largest absolute Gasteiger partial charge is 0.346 e. The molecule has 1 atom stereocenters. The standard InChI is InChI=1S/C16H20ClN3O2S2/c1-19(24(21,22)13-5-6-13)12-3-2-8-20(10-12)16-18-14-7-4-11(17)9-15(14)23-16/h4,7,9,12-13H,2-3,5-6,8,10H2,1H3. The van der Waals surface area contributed by atoms with Crippen molar-refractivity contribution in [2.45, 2.75) is 37.0 Å². The second kappa shape index (κ2) is 6.12. The van der Waals surface area contributed by atoms with Gasteiger partial charge in [0.2, 0.25) is 10.0 Å². The van der Waals surface area contributed by atoms with Crippen LogP contribution in [-0.4, -0.2) is 49.1 Å². The van der Waals surface area contributed by atoms with Gasteiger partial charge in [0.05, 0.1) is 15.5 Å². The third-order valence-corrected chi connectivity index (χ3v) is 8.60. The second-order valence-electron chi connectivity index (χ2n) is 6.61. The van der Waals surface area contributed by atoms with Gasteiger partial charge >= 0.3 is 0 Å². The lowest BCUT2D eigenvalue weighted by atomic mass is 10.1. The molecule has 4 rings (SSSR count). The molecular weight excluding hydrogens is 366 g/mol. The van der Waals surface area contributed by atoms with E-state index >= 15 is 0 Å². The van der Waals surface area contributed by atoms with E-state index in [1.807, 2.05) is 18.2 Å². The Morgan fingerprint density at radius 3 is 2.88 bits per heavy atom. The van der Waals surface area contributed by atoms with Crippen molar-refractivity contribution in [3.05, 3.63) is 23.2 Å². The Bertz CT molecular complexity index is 863. The summed E-state index contributed by atoms with van der Waals surface area (Å²) in [5.41, 5.74) is 0.945. The smallest absolute Gasteiger partial charge is 0.217 e. The van der Waals surface area contributed by atoms with Gasteiger partial charge < -0.3 is 4.90 Å². The highest BCUT2D eigenvalue weighted by Gasteiger charge is 2.41. The lowest BCUT2D eigenvalue weighted by Gasteiger charge is -2.37. The summed E-state index contributed by atoms with van der Waals surface area (Å²) < 4.78 is 27.7. The molecule has 2 fully saturated rings. The molecule has 0 N–H and O–H groups in total. The molecule has 1 saturated carbocycles. The first-order valence-electron chi connectivity index (χ1n) is 8.23. The number of likely N-dealkylation sites (N-methyl/N-ethyl adjacent to an activating group) is 1. The molecule has 5 nitrogen and oxygen atoms in total. The van der Waals surface area contributed by atoms with E-state index in [9.17, 15) is 8.42 Å². The molecule has 2 aromatic rings. The molecule has 1 aliphatic carbocycles. The highest BCUT2D eigenvalue weighted by Crippen LogP contribution is 2.35. The van der Waals surface area contributed by atoms with Gasteiger partial charge in [0.15, 0.2) is 5.13 Å². The quantitative estimate of drug-likeness (QED) is 0.809. The molecule has 0 bridgehead atoms. The number of thiazole rings is 1. The predicted octanol–water partition coefficient (Wildman–Crippen LogP) is 3.34. The molecule has 1 unspecified atom stereocenters. The fourth-order valence-corrected chi connectivity index (χ4v) is 6.32. The van der Waals surface area contributed by atoms with Crippen molar-refractivity contribution in [3.63, 3.8) is 0 Å². The fourth-order valence-electron chi connectivity index (χ4n) is 3.26. The van der Waals surface area contributed by atoms with Gasteiger partial charge in [-0.2, -0.15) is 4.31 Å². The number of hydrogen-bond acceptors (Lipinski definition) is 5. The number of nitrogens with zero attached hydrogens (tertiary/aromatic N) is 3. The average molecular weight is 386 g/mol. The second-order valence-corrected chi connectivity index (χ2v) is 10.3. The maximum atomic E-state index is 12.5. The maximum absolute atomic E-state index is 12.5. The van der Waals surface area contributed by atoms with Crippen molar-refractivity contribution in [1.82, 2.24) is 9.29 Å². The summed E-state index contributed by atoms with van der Waals surface area (Å²) in [5, 5.41) is 1.51. The van der Waals surface area contributed by atoms with Gasteiger partial charge in [-0.25, -0.2) is 13.4 Å². The number of fused-ring (bicyclic) bond motifs is 1. The number of halogens is 1. The van der Waals surface area contributed by atoms with Crippen molar-refractivity contribution >= 4 is 48.3 Å². The van der Waals surface area contributed by atoms with Crippen molar-refractivity contribution in [3.8, 4) is 0 Å². The van der Waals surface area contributed by atoms with Crippen LogP contribution >= 0.6 is 22.9 Å². The number of piperidine rings is 1. The Morgan fingerprint density at radius 2 is 2.12 bits per heavy atom. The summed E-state index contributed by atoms with van der Waals surface area (Å²) >= 11 is 7.68. The van der Waals surface area contributed by atoms with Crippen LogP contribution in [0.5, 0.6) is 0 Å². The molecular formula is C16H20ClN3O2S2. The van der Waals surface area contributed by atoms with Crippen LogP contribution in [0.3, 0.4) is 0 Å². The minimum Gasteiger partial charge on any atom is -0.346 e. The van der Waals surface area contributed by atoms with Crippen molar-refractivity contribution in [2.75, 3.05) is 25.0 Å². The van der Waals surface area contributed by atoms with Crippen LogP contribution in [-0.2, 0) is 10.0 Å². The van der Waals surface area contributed by atoms with Gasteiger partial charge in [0.1, 0.15) is 0 Å². The van der Waals surface area contributed by atoms with E-state index in [1.54, 1.807) is 22.7 Å². The molecule has 2 heterocycles. The highest BCUT2D eigenvalue weighted by atomic mass is 35.5. The summed E-state index contributed by atoms with van der Waals surface area (Å²) in [6.07, 6.45) is 3.50. The molecule has 1 aromatic heterocycles. The van der Waals surface area contributed by atoms with Crippen LogP contribution in [0.4, 0.5) is 5.13 Å². The topological polar surface area (TPSA) is 53.5 Å².